The van der Waals surface area contributed by atoms with Crippen molar-refractivity contribution in [2.45, 2.75) is 27.2 Å². The molecule has 1 N–H and O–H groups in total. The van der Waals surface area contributed by atoms with E-state index in [-0.39, 0.29) is 29.5 Å². The smallest absolute Gasteiger partial charge is 0.242 e. The highest BCUT2D eigenvalue weighted by atomic mass is 19.1. The van der Waals surface area contributed by atoms with Gasteiger partial charge in [-0.2, -0.15) is 5.26 Å². The van der Waals surface area contributed by atoms with Gasteiger partial charge in [0.2, 0.25) is 11.7 Å². The maximum atomic E-state index is 13.1. The summed E-state index contributed by atoms with van der Waals surface area (Å²) in [7, 11) is 0. The van der Waals surface area contributed by atoms with Crippen LogP contribution in [0, 0.1) is 22.6 Å². The summed E-state index contributed by atoms with van der Waals surface area (Å²) < 4.78 is 13.1. The second-order valence-corrected chi connectivity index (χ2v) is 7.44. The lowest BCUT2D eigenvalue weighted by atomic mass is 9.97. The molecule has 0 spiro atoms. The standard InChI is InChI=1S/C20H24FN5O/c1-20(2,3)14-23-13-19(27)26(18-8-10-24-17(12-22)25-18)11-9-15-4-6-16(21)7-5-15/h4-8,10,23H,9,11,13-14H2,1-3H3. The number of amides is 1. The summed E-state index contributed by atoms with van der Waals surface area (Å²) >= 11 is 0. The number of carbonyl (C=O) groups is 1. The molecule has 27 heavy (non-hydrogen) atoms. The first-order chi connectivity index (χ1) is 12.8. The molecule has 2 aromatic rings. The Labute approximate surface area is 159 Å². The van der Waals surface area contributed by atoms with E-state index in [9.17, 15) is 9.18 Å². The third-order valence-electron chi connectivity index (χ3n) is 3.79. The molecule has 0 aliphatic heterocycles. The molecule has 0 saturated heterocycles. The molecule has 0 saturated carbocycles. The number of anilines is 1. The molecular formula is C20H24FN5O. The molecule has 0 unspecified atom stereocenters. The lowest BCUT2D eigenvalue weighted by Gasteiger charge is -2.24. The van der Waals surface area contributed by atoms with E-state index in [0.29, 0.717) is 25.3 Å². The Morgan fingerprint density at radius 2 is 1.96 bits per heavy atom. The molecule has 0 bridgehead atoms. The quantitative estimate of drug-likeness (QED) is 0.811. The average Bonchev–Trinajstić information content (AvgIpc) is 2.62. The maximum Gasteiger partial charge on any atom is 0.242 e. The van der Waals surface area contributed by atoms with Gasteiger partial charge in [-0.3, -0.25) is 9.69 Å². The van der Waals surface area contributed by atoms with E-state index in [1.165, 1.54) is 23.2 Å². The molecule has 1 aromatic carbocycles. The van der Waals surface area contributed by atoms with E-state index in [1.807, 2.05) is 6.07 Å². The van der Waals surface area contributed by atoms with Crippen molar-refractivity contribution in [3.63, 3.8) is 0 Å². The molecule has 0 radical (unpaired) electrons. The van der Waals surface area contributed by atoms with Crippen LogP contribution in [0.3, 0.4) is 0 Å². The normalized spacial score (nSPS) is 11.1. The van der Waals surface area contributed by atoms with E-state index < -0.39 is 0 Å². The Bertz CT molecular complexity index is 808. The van der Waals surface area contributed by atoms with Crippen LogP contribution in [0.5, 0.6) is 0 Å². The average molecular weight is 369 g/mol. The monoisotopic (exact) mass is 369 g/mol. The molecule has 142 valence electrons. The third kappa shape index (κ3) is 6.76. The summed E-state index contributed by atoms with van der Waals surface area (Å²) in [6.07, 6.45) is 2.00. The topological polar surface area (TPSA) is 81.9 Å². The van der Waals surface area contributed by atoms with E-state index >= 15 is 0 Å². The lowest BCUT2D eigenvalue weighted by molar-refractivity contribution is -0.117. The van der Waals surface area contributed by atoms with Gasteiger partial charge in [0.05, 0.1) is 6.54 Å². The molecule has 6 nitrogen and oxygen atoms in total. The number of benzene rings is 1. The lowest BCUT2D eigenvalue weighted by Crippen LogP contribution is -2.42. The fraction of sp³-hybridized carbons (Fsp3) is 0.400. The van der Waals surface area contributed by atoms with E-state index in [1.54, 1.807) is 18.2 Å². The number of aromatic nitrogens is 2. The zero-order chi connectivity index (χ0) is 19.9. The number of nitrogens with zero attached hydrogens (tertiary/aromatic N) is 4. The van der Waals surface area contributed by atoms with Crippen molar-refractivity contribution in [2.75, 3.05) is 24.5 Å². The highest BCUT2D eigenvalue weighted by Crippen LogP contribution is 2.13. The maximum absolute atomic E-state index is 13.1. The summed E-state index contributed by atoms with van der Waals surface area (Å²) in [5.41, 5.74) is 0.966. The van der Waals surface area contributed by atoms with Crippen molar-refractivity contribution in [2.24, 2.45) is 5.41 Å². The van der Waals surface area contributed by atoms with Gasteiger partial charge in [-0.15, -0.1) is 0 Å². The Kier molecular flexibility index (Phi) is 6.97. The Hall–Kier alpha value is -2.85. The van der Waals surface area contributed by atoms with Crippen molar-refractivity contribution in [1.82, 2.24) is 15.3 Å². The Balaban J connectivity index is 2.13. The zero-order valence-corrected chi connectivity index (χ0v) is 15.9. The molecule has 0 aliphatic rings. The number of carbonyl (C=O) groups excluding carboxylic acids is 1. The van der Waals surface area contributed by atoms with Crippen molar-refractivity contribution >= 4 is 11.7 Å². The molecule has 0 fully saturated rings. The summed E-state index contributed by atoms with van der Waals surface area (Å²) in [5, 5.41) is 12.2. The third-order valence-corrected chi connectivity index (χ3v) is 3.79. The van der Waals surface area contributed by atoms with Crippen LogP contribution < -0.4 is 10.2 Å². The molecule has 0 aliphatic carbocycles. The van der Waals surface area contributed by atoms with Crippen LogP contribution in [-0.2, 0) is 11.2 Å². The number of nitriles is 1. The van der Waals surface area contributed by atoms with Gasteiger partial charge in [-0.25, -0.2) is 14.4 Å². The van der Waals surface area contributed by atoms with E-state index in [4.69, 9.17) is 5.26 Å². The minimum absolute atomic E-state index is 0.00901. The van der Waals surface area contributed by atoms with Crippen LogP contribution in [0.2, 0.25) is 0 Å². The first-order valence-electron chi connectivity index (χ1n) is 8.77. The van der Waals surface area contributed by atoms with Crippen LogP contribution in [0.1, 0.15) is 32.2 Å². The highest BCUT2D eigenvalue weighted by Gasteiger charge is 2.19. The molecule has 1 aromatic heterocycles. The zero-order valence-electron chi connectivity index (χ0n) is 15.9. The fourth-order valence-electron chi connectivity index (χ4n) is 2.45. The molecule has 0 atom stereocenters. The van der Waals surface area contributed by atoms with Crippen molar-refractivity contribution in [1.29, 1.82) is 5.26 Å². The summed E-state index contributed by atoms with van der Waals surface area (Å²) in [4.78, 5) is 22.3. The van der Waals surface area contributed by atoms with Gasteiger partial charge in [-0.1, -0.05) is 32.9 Å². The first-order valence-corrected chi connectivity index (χ1v) is 8.77. The number of hydrogen-bond donors (Lipinski definition) is 1. The minimum atomic E-state index is -0.299. The Morgan fingerprint density at radius 3 is 2.59 bits per heavy atom. The van der Waals surface area contributed by atoms with Crippen LogP contribution in [0.15, 0.2) is 36.5 Å². The molecular weight excluding hydrogens is 345 g/mol. The predicted octanol–water partition coefficient (Wildman–Crippen LogP) is 2.70. The first kappa shape index (κ1) is 20.5. The number of hydrogen-bond acceptors (Lipinski definition) is 5. The molecule has 2 rings (SSSR count). The number of halogens is 1. The van der Waals surface area contributed by atoms with Gasteiger partial charge in [0, 0.05) is 19.3 Å². The van der Waals surface area contributed by atoms with Gasteiger partial charge in [0.25, 0.3) is 0 Å². The largest absolute Gasteiger partial charge is 0.308 e. The molecule has 7 heteroatoms. The summed E-state index contributed by atoms with van der Waals surface area (Å²) in [5.74, 6) is -0.0579. The van der Waals surface area contributed by atoms with Crippen molar-refractivity contribution in [3.8, 4) is 6.07 Å². The van der Waals surface area contributed by atoms with Crippen molar-refractivity contribution < 1.29 is 9.18 Å². The summed E-state index contributed by atoms with van der Waals surface area (Å²) in [6.45, 7) is 7.47. The second kappa shape index (κ2) is 9.19. The van der Waals surface area contributed by atoms with Crippen molar-refractivity contribution in [3.05, 3.63) is 53.7 Å². The van der Waals surface area contributed by atoms with Crippen LogP contribution in [-0.4, -0.2) is 35.5 Å². The number of rotatable bonds is 7. The van der Waals surface area contributed by atoms with Gasteiger partial charge in [0.15, 0.2) is 0 Å². The van der Waals surface area contributed by atoms with Crippen LogP contribution in [0.4, 0.5) is 10.2 Å². The number of nitrogens with one attached hydrogen (secondary N) is 1. The highest BCUT2D eigenvalue weighted by molar-refractivity contribution is 5.93. The van der Waals surface area contributed by atoms with Crippen LogP contribution in [0.25, 0.3) is 0 Å². The molecule has 1 heterocycles. The Morgan fingerprint density at radius 1 is 1.26 bits per heavy atom. The van der Waals surface area contributed by atoms with E-state index in [0.717, 1.165) is 5.56 Å². The SMILES string of the molecule is CC(C)(C)CNCC(=O)N(CCc1ccc(F)cc1)c1ccnc(C#N)n1. The second-order valence-electron chi connectivity index (χ2n) is 7.44. The van der Waals surface area contributed by atoms with Gasteiger partial charge in [0.1, 0.15) is 17.7 Å². The fourth-order valence-corrected chi connectivity index (χ4v) is 2.45. The van der Waals surface area contributed by atoms with Gasteiger partial charge in [-0.05, 0) is 35.6 Å². The summed E-state index contributed by atoms with van der Waals surface area (Å²) in [6, 6.07) is 9.66. The van der Waals surface area contributed by atoms with Crippen LogP contribution >= 0.6 is 0 Å². The van der Waals surface area contributed by atoms with Gasteiger partial charge < -0.3 is 5.32 Å². The minimum Gasteiger partial charge on any atom is -0.308 e. The van der Waals surface area contributed by atoms with E-state index in [2.05, 4.69) is 36.1 Å². The molecule has 1 amide bonds. The predicted molar refractivity (Wildman–Crippen MR) is 102 cm³/mol. The van der Waals surface area contributed by atoms with Gasteiger partial charge >= 0.3 is 0 Å².